The fraction of sp³-hybridized carbons (Fsp3) is 0.696. The summed E-state index contributed by atoms with van der Waals surface area (Å²) in [4.78, 5) is 11.1. The Morgan fingerprint density at radius 2 is 1.72 bits per heavy atom. The molecule has 32 heavy (non-hydrogen) atoms. The lowest BCUT2D eigenvalue weighted by molar-refractivity contribution is -0.275. The quantitative estimate of drug-likeness (QED) is 0.518. The molecular formula is C23H32F3NO5. The van der Waals surface area contributed by atoms with Crippen LogP contribution in [0, 0.1) is 5.92 Å². The van der Waals surface area contributed by atoms with Gasteiger partial charge in [-0.3, -0.25) is 4.79 Å². The van der Waals surface area contributed by atoms with Crippen molar-refractivity contribution < 1.29 is 36.9 Å². The van der Waals surface area contributed by atoms with E-state index in [1.165, 1.54) is 19.1 Å². The Balaban J connectivity index is 1.44. The van der Waals surface area contributed by atoms with Gasteiger partial charge in [-0.2, -0.15) is 0 Å². The molecule has 0 heterocycles. The molecule has 0 radical (unpaired) electrons. The number of nitrogens with one attached hydrogen (secondary N) is 1. The third-order valence-electron chi connectivity index (χ3n) is 5.54. The highest BCUT2D eigenvalue weighted by molar-refractivity contribution is 5.73. The molecule has 2 fully saturated rings. The van der Waals surface area contributed by atoms with Gasteiger partial charge in [0, 0.05) is 13.0 Å². The summed E-state index contributed by atoms with van der Waals surface area (Å²) < 4.78 is 59.9. The van der Waals surface area contributed by atoms with Gasteiger partial charge < -0.3 is 24.3 Å². The van der Waals surface area contributed by atoms with E-state index in [2.05, 4.69) is 10.1 Å². The van der Waals surface area contributed by atoms with E-state index >= 15 is 0 Å². The highest BCUT2D eigenvalue weighted by Gasteiger charge is 2.33. The summed E-state index contributed by atoms with van der Waals surface area (Å²) in [6.07, 6.45) is 0.767. The molecular weight excluding hydrogens is 427 g/mol. The van der Waals surface area contributed by atoms with E-state index in [9.17, 15) is 18.0 Å². The van der Waals surface area contributed by atoms with Crippen LogP contribution in [0.5, 0.6) is 11.5 Å². The first kappa shape index (κ1) is 24.6. The molecule has 1 atom stereocenters. The van der Waals surface area contributed by atoms with Gasteiger partial charge in [-0.25, -0.2) is 0 Å². The van der Waals surface area contributed by atoms with Crippen molar-refractivity contribution in [2.24, 2.45) is 5.92 Å². The molecule has 6 nitrogen and oxygen atoms in total. The van der Waals surface area contributed by atoms with E-state index in [0.29, 0.717) is 24.7 Å². The first-order valence-corrected chi connectivity index (χ1v) is 11.2. The van der Waals surface area contributed by atoms with Crippen molar-refractivity contribution in [3.63, 3.8) is 0 Å². The number of alkyl halides is 3. The Morgan fingerprint density at radius 1 is 1.06 bits per heavy atom. The molecule has 9 heteroatoms. The number of hydrogen-bond donors (Lipinski definition) is 1. The minimum atomic E-state index is -4.78. The summed E-state index contributed by atoms with van der Waals surface area (Å²) in [6.45, 7) is 4.44. The summed E-state index contributed by atoms with van der Waals surface area (Å²) in [7, 11) is 0. The van der Waals surface area contributed by atoms with Gasteiger partial charge in [0.05, 0.1) is 32.0 Å². The lowest BCUT2D eigenvalue weighted by atomic mass is 9.95. The lowest BCUT2D eigenvalue weighted by Crippen LogP contribution is -2.36. The standard InChI is InChI=1S/C23H32F3NO5/c1-15(27-16(2)28)12-29-19-6-8-20(9-7-19)30-14-18-5-10-21(31-13-17-3-4-17)22(11-18)32-23(24,25)26/h5,10-11,15,17,19-20H,3-4,6-9,12-14H2,1-2H3,(H,27,28)/t15-,19?,20?/m0/s1. The molecule has 0 saturated heterocycles. The number of rotatable bonds is 11. The van der Waals surface area contributed by atoms with Crippen LogP contribution < -0.4 is 14.8 Å². The average molecular weight is 460 g/mol. The Labute approximate surface area is 186 Å². The van der Waals surface area contributed by atoms with Crippen LogP contribution in [0.2, 0.25) is 0 Å². The van der Waals surface area contributed by atoms with Crippen molar-refractivity contribution in [2.75, 3.05) is 13.2 Å². The second-order valence-corrected chi connectivity index (χ2v) is 8.73. The fourth-order valence-electron chi connectivity index (χ4n) is 3.71. The first-order chi connectivity index (χ1) is 15.2. The van der Waals surface area contributed by atoms with Crippen molar-refractivity contribution >= 4 is 5.91 Å². The summed E-state index contributed by atoms with van der Waals surface area (Å²) in [6, 6.07) is 4.53. The molecule has 0 spiro atoms. The zero-order chi connectivity index (χ0) is 23.1. The van der Waals surface area contributed by atoms with Crippen molar-refractivity contribution in [1.82, 2.24) is 5.32 Å². The SMILES string of the molecule is CC(=O)N[C@@H](C)COC1CCC(OCc2ccc(OCC3CC3)c(OC(F)(F)F)c2)CC1. The topological polar surface area (TPSA) is 66.0 Å². The Bertz CT molecular complexity index is 746. The molecule has 0 aliphatic heterocycles. The van der Waals surface area contributed by atoms with E-state index < -0.39 is 6.36 Å². The third-order valence-corrected chi connectivity index (χ3v) is 5.54. The maximum atomic E-state index is 12.8. The van der Waals surface area contributed by atoms with Crippen LogP contribution in [0.1, 0.15) is 57.9 Å². The second-order valence-electron chi connectivity index (χ2n) is 8.73. The highest BCUT2D eigenvalue weighted by atomic mass is 19.4. The second kappa shape index (κ2) is 11.2. The van der Waals surface area contributed by atoms with Gasteiger partial charge in [0.2, 0.25) is 5.91 Å². The normalized spacial score (nSPS) is 22.3. The van der Waals surface area contributed by atoms with E-state index in [4.69, 9.17) is 14.2 Å². The maximum absolute atomic E-state index is 12.8. The Morgan fingerprint density at radius 3 is 2.31 bits per heavy atom. The number of amides is 1. The molecule has 2 aliphatic carbocycles. The smallest absolute Gasteiger partial charge is 0.489 e. The maximum Gasteiger partial charge on any atom is 0.573 e. The molecule has 1 aromatic rings. The molecule has 180 valence electrons. The number of ether oxygens (including phenoxy) is 4. The van der Waals surface area contributed by atoms with E-state index in [1.807, 2.05) is 6.92 Å². The van der Waals surface area contributed by atoms with Crippen LogP contribution in [0.4, 0.5) is 13.2 Å². The molecule has 1 amide bonds. The summed E-state index contributed by atoms with van der Waals surface area (Å²) >= 11 is 0. The van der Waals surface area contributed by atoms with E-state index in [0.717, 1.165) is 38.5 Å². The first-order valence-electron chi connectivity index (χ1n) is 11.2. The van der Waals surface area contributed by atoms with Crippen molar-refractivity contribution in [1.29, 1.82) is 0 Å². The molecule has 1 N–H and O–H groups in total. The van der Waals surface area contributed by atoms with Gasteiger partial charge >= 0.3 is 6.36 Å². The predicted octanol–water partition coefficient (Wildman–Crippen LogP) is 4.74. The van der Waals surface area contributed by atoms with Gasteiger partial charge in [0.25, 0.3) is 0 Å². The van der Waals surface area contributed by atoms with Gasteiger partial charge in [-0.15, -0.1) is 13.2 Å². The Hall–Kier alpha value is -2.00. The van der Waals surface area contributed by atoms with Crippen LogP contribution in [0.25, 0.3) is 0 Å². The van der Waals surface area contributed by atoms with E-state index in [1.54, 1.807) is 6.07 Å². The Kier molecular flexibility index (Phi) is 8.64. The van der Waals surface area contributed by atoms with Gasteiger partial charge in [0.1, 0.15) is 0 Å². The summed E-state index contributed by atoms with van der Waals surface area (Å²) in [5.41, 5.74) is 0.602. The lowest BCUT2D eigenvalue weighted by Gasteiger charge is -2.29. The molecule has 3 rings (SSSR count). The zero-order valence-corrected chi connectivity index (χ0v) is 18.6. The molecule has 2 aliphatic rings. The monoisotopic (exact) mass is 459 g/mol. The zero-order valence-electron chi connectivity index (χ0n) is 18.6. The highest BCUT2D eigenvalue weighted by Crippen LogP contribution is 2.36. The number of halogens is 3. The van der Waals surface area contributed by atoms with Crippen molar-refractivity contribution in [3.8, 4) is 11.5 Å². The van der Waals surface area contributed by atoms with Crippen LogP contribution in [-0.4, -0.2) is 43.7 Å². The minimum absolute atomic E-state index is 0.0281. The third kappa shape index (κ3) is 8.86. The number of carbonyl (C=O) groups is 1. The van der Waals surface area contributed by atoms with Crippen molar-refractivity contribution in [2.45, 2.75) is 83.6 Å². The molecule has 0 unspecified atom stereocenters. The molecule has 1 aromatic carbocycles. The van der Waals surface area contributed by atoms with Crippen LogP contribution in [0.15, 0.2) is 18.2 Å². The largest absolute Gasteiger partial charge is 0.573 e. The minimum Gasteiger partial charge on any atom is -0.489 e. The number of carbonyl (C=O) groups excluding carboxylic acids is 1. The van der Waals surface area contributed by atoms with Gasteiger partial charge in [-0.1, -0.05) is 6.07 Å². The van der Waals surface area contributed by atoms with Gasteiger partial charge in [-0.05, 0) is 69.1 Å². The van der Waals surface area contributed by atoms with Gasteiger partial charge in [0.15, 0.2) is 11.5 Å². The molecule has 2 saturated carbocycles. The van der Waals surface area contributed by atoms with Crippen LogP contribution in [0.3, 0.4) is 0 Å². The summed E-state index contributed by atoms with van der Waals surface area (Å²) in [5.74, 6) is 0.114. The van der Waals surface area contributed by atoms with Crippen molar-refractivity contribution in [3.05, 3.63) is 23.8 Å². The summed E-state index contributed by atoms with van der Waals surface area (Å²) in [5, 5.41) is 2.79. The number of hydrogen-bond acceptors (Lipinski definition) is 5. The molecule has 0 bridgehead atoms. The van der Waals surface area contributed by atoms with E-state index in [-0.39, 0.29) is 42.3 Å². The van der Waals surface area contributed by atoms with Crippen LogP contribution >= 0.6 is 0 Å². The predicted molar refractivity (Wildman–Crippen MR) is 111 cm³/mol. The van der Waals surface area contributed by atoms with Crippen LogP contribution in [-0.2, 0) is 20.9 Å². The fourth-order valence-corrected chi connectivity index (χ4v) is 3.71. The molecule has 0 aromatic heterocycles. The average Bonchev–Trinajstić information content (AvgIpc) is 3.53. The number of benzene rings is 1.